The van der Waals surface area contributed by atoms with Gasteiger partial charge in [0.15, 0.2) is 0 Å². The first-order valence-electron chi connectivity index (χ1n) is 11.9. The van der Waals surface area contributed by atoms with Crippen molar-refractivity contribution in [2.75, 3.05) is 65.5 Å². The molecule has 2 aromatic carbocycles. The molecule has 186 valence electrons. The lowest BCUT2D eigenvalue weighted by molar-refractivity contribution is 0.0731. The molecule has 0 N–H and O–H groups in total. The molecule has 0 radical (unpaired) electrons. The van der Waals surface area contributed by atoms with Crippen LogP contribution in [-0.4, -0.2) is 81.5 Å². The molecule has 0 saturated carbocycles. The van der Waals surface area contributed by atoms with Gasteiger partial charge in [0.05, 0.1) is 32.4 Å². The summed E-state index contributed by atoms with van der Waals surface area (Å²) in [5.74, 6) is 1.39. The highest BCUT2D eigenvalue weighted by atomic mass is 16.5. The van der Waals surface area contributed by atoms with Crippen molar-refractivity contribution in [2.45, 2.75) is 13.5 Å². The molecule has 1 fully saturated rings. The highest BCUT2D eigenvalue weighted by Crippen LogP contribution is 2.33. The van der Waals surface area contributed by atoms with Crippen molar-refractivity contribution in [3.05, 3.63) is 65.2 Å². The fraction of sp³-hybridized carbons (Fsp3) is 0.407. The van der Waals surface area contributed by atoms with Crippen LogP contribution in [0.4, 0.5) is 5.88 Å². The van der Waals surface area contributed by atoms with E-state index >= 15 is 0 Å². The molecule has 1 aromatic heterocycles. The molecule has 35 heavy (non-hydrogen) atoms. The van der Waals surface area contributed by atoms with Crippen molar-refractivity contribution >= 4 is 11.8 Å². The molecular weight excluding hydrogens is 444 g/mol. The third kappa shape index (κ3) is 6.01. The number of amides is 1. The SMILES string of the molecule is COc1ccc(C(=O)N(CCN(C)C)Cc2c(-c3cccc(C)c3)noc2N2CCOCC2)cc1. The minimum absolute atomic E-state index is 0.0428. The summed E-state index contributed by atoms with van der Waals surface area (Å²) < 4.78 is 16.7. The predicted octanol–water partition coefficient (Wildman–Crippen LogP) is 3.70. The zero-order chi connectivity index (χ0) is 24.8. The molecule has 0 bridgehead atoms. The highest BCUT2D eigenvalue weighted by Gasteiger charge is 2.27. The fourth-order valence-electron chi connectivity index (χ4n) is 4.16. The average Bonchev–Trinajstić information content (AvgIpc) is 3.30. The van der Waals surface area contributed by atoms with Crippen LogP contribution < -0.4 is 9.64 Å². The fourth-order valence-corrected chi connectivity index (χ4v) is 4.16. The van der Waals surface area contributed by atoms with Crippen molar-refractivity contribution in [1.29, 1.82) is 0 Å². The summed E-state index contributed by atoms with van der Waals surface area (Å²) in [6.45, 7) is 6.46. The van der Waals surface area contributed by atoms with Gasteiger partial charge < -0.3 is 28.7 Å². The van der Waals surface area contributed by atoms with Crippen LogP contribution in [0, 0.1) is 6.92 Å². The molecule has 1 aliphatic rings. The van der Waals surface area contributed by atoms with E-state index in [1.165, 1.54) is 0 Å². The van der Waals surface area contributed by atoms with E-state index < -0.39 is 0 Å². The van der Waals surface area contributed by atoms with Gasteiger partial charge in [0.2, 0.25) is 5.88 Å². The summed E-state index contributed by atoms with van der Waals surface area (Å²) in [6, 6.07) is 15.4. The standard InChI is InChI=1S/C27H34N4O4/c1-20-6-5-7-22(18-20)25-24(27(35-28-25)30-14-16-34-17-15-30)19-31(13-12-29(2)3)26(32)21-8-10-23(33-4)11-9-21/h5-11,18H,12-17,19H2,1-4H3. The summed E-state index contributed by atoms with van der Waals surface area (Å²) in [6.07, 6.45) is 0. The van der Waals surface area contributed by atoms with E-state index in [4.69, 9.17) is 14.0 Å². The smallest absolute Gasteiger partial charge is 0.254 e. The molecule has 1 aliphatic heterocycles. The van der Waals surface area contributed by atoms with Crippen LogP contribution in [0.15, 0.2) is 53.1 Å². The number of carbonyl (C=O) groups is 1. The third-order valence-electron chi connectivity index (χ3n) is 6.15. The maximum Gasteiger partial charge on any atom is 0.254 e. The molecule has 0 unspecified atom stereocenters. The molecule has 3 aromatic rings. The van der Waals surface area contributed by atoms with E-state index in [9.17, 15) is 4.79 Å². The lowest BCUT2D eigenvalue weighted by Crippen LogP contribution is -2.38. The Morgan fingerprint density at radius 3 is 2.49 bits per heavy atom. The number of aromatic nitrogens is 1. The highest BCUT2D eigenvalue weighted by molar-refractivity contribution is 5.94. The van der Waals surface area contributed by atoms with E-state index in [2.05, 4.69) is 34.0 Å². The van der Waals surface area contributed by atoms with Crippen molar-refractivity contribution in [1.82, 2.24) is 15.0 Å². The van der Waals surface area contributed by atoms with Gasteiger partial charge in [-0.2, -0.15) is 0 Å². The number of benzene rings is 2. The van der Waals surface area contributed by atoms with Crippen LogP contribution in [0.3, 0.4) is 0 Å². The van der Waals surface area contributed by atoms with Crippen LogP contribution in [0.5, 0.6) is 5.75 Å². The second-order valence-electron chi connectivity index (χ2n) is 9.04. The first-order valence-corrected chi connectivity index (χ1v) is 11.9. The summed E-state index contributed by atoms with van der Waals surface area (Å²) in [5, 5.41) is 4.48. The number of hydrogen-bond acceptors (Lipinski definition) is 7. The van der Waals surface area contributed by atoms with Crippen molar-refractivity contribution < 1.29 is 18.8 Å². The Kier molecular flexibility index (Phi) is 8.05. The maximum absolute atomic E-state index is 13.7. The van der Waals surface area contributed by atoms with E-state index in [-0.39, 0.29) is 5.91 Å². The largest absolute Gasteiger partial charge is 0.497 e. The normalized spacial score (nSPS) is 13.8. The molecular formula is C27H34N4O4. The number of ether oxygens (including phenoxy) is 2. The van der Waals surface area contributed by atoms with Gasteiger partial charge in [0, 0.05) is 37.3 Å². The number of likely N-dealkylation sites (N-methyl/N-ethyl adjacent to an activating group) is 1. The van der Waals surface area contributed by atoms with Crippen LogP contribution in [-0.2, 0) is 11.3 Å². The van der Waals surface area contributed by atoms with E-state index in [1.54, 1.807) is 7.11 Å². The zero-order valence-corrected chi connectivity index (χ0v) is 21.0. The molecule has 0 spiro atoms. The zero-order valence-electron chi connectivity index (χ0n) is 21.0. The first-order chi connectivity index (χ1) is 17.0. The third-order valence-corrected chi connectivity index (χ3v) is 6.15. The minimum atomic E-state index is -0.0428. The van der Waals surface area contributed by atoms with Crippen molar-refractivity contribution in [2.24, 2.45) is 0 Å². The van der Waals surface area contributed by atoms with Crippen LogP contribution in [0.25, 0.3) is 11.3 Å². The quantitative estimate of drug-likeness (QED) is 0.464. The topological polar surface area (TPSA) is 71.3 Å². The van der Waals surface area contributed by atoms with Crippen LogP contribution in [0.1, 0.15) is 21.5 Å². The van der Waals surface area contributed by atoms with Crippen molar-refractivity contribution in [3.8, 4) is 17.0 Å². The Morgan fingerprint density at radius 1 is 1.09 bits per heavy atom. The molecule has 2 heterocycles. The van der Waals surface area contributed by atoms with Gasteiger partial charge in [-0.3, -0.25) is 4.79 Å². The number of aryl methyl sites for hydroxylation is 1. The molecule has 1 amide bonds. The van der Waals surface area contributed by atoms with Crippen LogP contribution >= 0.6 is 0 Å². The molecule has 1 saturated heterocycles. The molecule has 8 nitrogen and oxygen atoms in total. The maximum atomic E-state index is 13.7. The van der Waals surface area contributed by atoms with Gasteiger partial charge >= 0.3 is 0 Å². The summed E-state index contributed by atoms with van der Waals surface area (Å²) in [7, 11) is 5.63. The summed E-state index contributed by atoms with van der Waals surface area (Å²) in [5.41, 5.74) is 4.42. The number of carbonyl (C=O) groups excluding carboxylic acids is 1. The first kappa shape index (κ1) is 24.8. The van der Waals surface area contributed by atoms with E-state index in [0.29, 0.717) is 37.8 Å². The second-order valence-corrected chi connectivity index (χ2v) is 9.04. The van der Waals surface area contributed by atoms with Gasteiger partial charge in [-0.1, -0.05) is 28.9 Å². The number of nitrogens with zero attached hydrogens (tertiary/aromatic N) is 4. The lowest BCUT2D eigenvalue weighted by Gasteiger charge is -2.29. The van der Waals surface area contributed by atoms with Crippen molar-refractivity contribution in [3.63, 3.8) is 0 Å². The minimum Gasteiger partial charge on any atom is -0.497 e. The monoisotopic (exact) mass is 478 g/mol. The summed E-state index contributed by atoms with van der Waals surface area (Å²) >= 11 is 0. The predicted molar refractivity (Wildman–Crippen MR) is 136 cm³/mol. The second kappa shape index (κ2) is 11.4. The number of methoxy groups -OCH3 is 1. The van der Waals surface area contributed by atoms with Gasteiger partial charge in [-0.05, 0) is 51.4 Å². The van der Waals surface area contributed by atoms with Gasteiger partial charge in [0.1, 0.15) is 11.4 Å². The average molecular weight is 479 g/mol. The Morgan fingerprint density at radius 2 is 1.83 bits per heavy atom. The van der Waals surface area contributed by atoms with Gasteiger partial charge in [-0.15, -0.1) is 0 Å². The Bertz CT molecular complexity index is 1120. The van der Waals surface area contributed by atoms with Gasteiger partial charge in [-0.25, -0.2) is 0 Å². The number of rotatable bonds is 9. The number of morpholine rings is 1. The van der Waals surface area contributed by atoms with Crippen LogP contribution in [0.2, 0.25) is 0 Å². The van der Waals surface area contributed by atoms with E-state index in [1.807, 2.05) is 55.4 Å². The molecule has 8 heteroatoms. The number of anilines is 1. The molecule has 0 atom stereocenters. The Balaban J connectivity index is 1.71. The lowest BCUT2D eigenvalue weighted by atomic mass is 10.0. The molecule has 0 aliphatic carbocycles. The van der Waals surface area contributed by atoms with E-state index in [0.717, 1.165) is 47.8 Å². The Labute approximate surface area is 207 Å². The molecule has 4 rings (SSSR count). The Hall–Kier alpha value is -3.36. The summed E-state index contributed by atoms with van der Waals surface area (Å²) in [4.78, 5) is 19.8. The number of hydrogen-bond donors (Lipinski definition) is 0. The van der Waals surface area contributed by atoms with Gasteiger partial charge in [0.25, 0.3) is 5.91 Å².